The van der Waals surface area contributed by atoms with Gasteiger partial charge in [0.15, 0.2) is 0 Å². The first-order chi connectivity index (χ1) is 11.2. The van der Waals surface area contributed by atoms with Gasteiger partial charge in [0.1, 0.15) is 12.7 Å². The molecule has 0 saturated heterocycles. The van der Waals surface area contributed by atoms with E-state index in [1.54, 1.807) is 0 Å². The molecule has 0 bridgehead atoms. The van der Waals surface area contributed by atoms with Crippen LogP contribution in [0.5, 0.6) is 0 Å². The molecule has 0 saturated carbocycles. The summed E-state index contributed by atoms with van der Waals surface area (Å²) in [5.74, 6) is -0.302. The second kappa shape index (κ2) is 17.0. The number of unbranched alkanes of at least 4 members (excludes halogenated alkanes) is 5. The number of hydrogen-bond acceptors (Lipinski definition) is 4. The SMILES string of the molecule is CC/C=C/C=C/C=C/CCCCCCCC(=O)OCC(O)CO. The van der Waals surface area contributed by atoms with Crippen LogP contribution in [0.15, 0.2) is 36.5 Å². The van der Waals surface area contributed by atoms with Crippen LogP contribution >= 0.6 is 0 Å². The molecule has 0 aromatic carbocycles. The largest absolute Gasteiger partial charge is 0.463 e. The first-order valence-electron chi connectivity index (χ1n) is 8.63. The Morgan fingerprint density at radius 2 is 1.65 bits per heavy atom. The quantitative estimate of drug-likeness (QED) is 0.290. The molecule has 0 heterocycles. The molecule has 4 nitrogen and oxygen atoms in total. The van der Waals surface area contributed by atoms with E-state index in [1.165, 1.54) is 12.8 Å². The number of esters is 1. The Morgan fingerprint density at radius 1 is 1.00 bits per heavy atom. The number of rotatable bonds is 14. The zero-order valence-electron chi connectivity index (χ0n) is 14.3. The average molecular weight is 324 g/mol. The van der Waals surface area contributed by atoms with Crippen molar-refractivity contribution in [3.63, 3.8) is 0 Å². The van der Waals surface area contributed by atoms with Gasteiger partial charge in [-0.25, -0.2) is 0 Å². The van der Waals surface area contributed by atoms with Gasteiger partial charge in [0.05, 0.1) is 6.61 Å². The third kappa shape index (κ3) is 16.8. The summed E-state index contributed by atoms with van der Waals surface area (Å²) in [6.07, 6.45) is 19.4. The van der Waals surface area contributed by atoms with Gasteiger partial charge in [-0.1, -0.05) is 62.6 Å². The van der Waals surface area contributed by atoms with Crippen LogP contribution < -0.4 is 0 Å². The molecule has 4 heteroatoms. The fourth-order valence-electron chi connectivity index (χ4n) is 1.89. The van der Waals surface area contributed by atoms with E-state index in [4.69, 9.17) is 14.9 Å². The molecule has 2 N–H and O–H groups in total. The zero-order chi connectivity index (χ0) is 17.2. The van der Waals surface area contributed by atoms with Crippen molar-refractivity contribution >= 4 is 5.97 Å². The molecule has 0 rings (SSSR count). The fraction of sp³-hybridized carbons (Fsp3) is 0.632. The number of aliphatic hydroxyl groups excluding tert-OH is 2. The minimum absolute atomic E-state index is 0.121. The predicted molar refractivity (Wildman–Crippen MR) is 94.1 cm³/mol. The Labute approximate surface area is 140 Å². The maximum absolute atomic E-state index is 11.3. The van der Waals surface area contributed by atoms with E-state index in [9.17, 15) is 4.79 Å². The molecule has 132 valence electrons. The third-order valence-electron chi connectivity index (χ3n) is 3.24. The summed E-state index contributed by atoms with van der Waals surface area (Å²) in [6.45, 7) is 1.61. The number of carbonyl (C=O) groups is 1. The first-order valence-corrected chi connectivity index (χ1v) is 8.63. The number of allylic oxidation sites excluding steroid dienone is 6. The minimum atomic E-state index is -0.968. The zero-order valence-corrected chi connectivity index (χ0v) is 14.3. The van der Waals surface area contributed by atoms with Gasteiger partial charge in [-0.05, 0) is 25.7 Å². The van der Waals surface area contributed by atoms with Crippen molar-refractivity contribution in [2.75, 3.05) is 13.2 Å². The summed E-state index contributed by atoms with van der Waals surface area (Å²) in [6, 6.07) is 0. The first kappa shape index (κ1) is 21.6. The molecule has 0 spiro atoms. The second-order valence-corrected chi connectivity index (χ2v) is 5.48. The molecule has 1 atom stereocenters. The summed E-state index contributed by atoms with van der Waals surface area (Å²) in [7, 11) is 0. The maximum Gasteiger partial charge on any atom is 0.305 e. The average Bonchev–Trinajstić information content (AvgIpc) is 2.56. The lowest BCUT2D eigenvalue weighted by Crippen LogP contribution is -2.21. The highest BCUT2D eigenvalue weighted by Crippen LogP contribution is 2.08. The van der Waals surface area contributed by atoms with Gasteiger partial charge in [0, 0.05) is 6.42 Å². The Morgan fingerprint density at radius 3 is 2.35 bits per heavy atom. The van der Waals surface area contributed by atoms with Crippen molar-refractivity contribution in [2.24, 2.45) is 0 Å². The number of hydrogen-bond donors (Lipinski definition) is 2. The molecule has 0 aromatic rings. The van der Waals surface area contributed by atoms with Crippen LogP contribution in [-0.4, -0.2) is 35.5 Å². The van der Waals surface area contributed by atoms with Crippen LogP contribution in [0.4, 0.5) is 0 Å². The van der Waals surface area contributed by atoms with Crippen LogP contribution in [0, 0.1) is 0 Å². The summed E-state index contributed by atoms with van der Waals surface area (Å²) >= 11 is 0. The van der Waals surface area contributed by atoms with Gasteiger partial charge in [0.25, 0.3) is 0 Å². The molecule has 0 aliphatic carbocycles. The van der Waals surface area contributed by atoms with Crippen LogP contribution in [-0.2, 0) is 9.53 Å². The van der Waals surface area contributed by atoms with Crippen molar-refractivity contribution in [2.45, 2.75) is 64.4 Å². The Hall–Kier alpha value is -1.39. The standard InChI is InChI=1S/C19H32O4/c1-2-3-4-5-6-7-8-9-10-11-12-13-14-15-19(22)23-17-18(21)16-20/h3-8,18,20-21H,2,9-17H2,1H3/b4-3+,6-5+,8-7+. The van der Waals surface area contributed by atoms with Crippen LogP contribution in [0.25, 0.3) is 0 Å². The molecule has 0 amide bonds. The van der Waals surface area contributed by atoms with E-state index in [0.29, 0.717) is 6.42 Å². The van der Waals surface area contributed by atoms with Gasteiger partial charge in [-0.15, -0.1) is 0 Å². The molecule has 0 radical (unpaired) electrons. The normalized spacial score (nSPS) is 13.3. The van der Waals surface area contributed by atoms with E-state index in [2.05, 4.69) is 31.2 Å². The van der Waals surface area contributed by atoms with E-state index >= 15 is 0 Å². The highest BCUT2D eigenvalue weighted by Gasteiger charge is 2.07. The van der Waals surface area contributed by atoms with E-state index < -0.39 is 6.10 Å². The van der Waals surface area contributed by atoms with Gasteiger partial charge >= 0.3 is 5.97 Å². The Kier molecular flexibility index (Phi) is 15.9. The van der Waals surface area contributed by atoms with Crippen LogP contribution in [0.1, 0.15) is 58.3 Å². The van der Waals surface area contributed by atoms with Crippen LogP contribution in [0.2, 0.25) is 0 Å². The predicted octanol–water partition coefficient (Wildman–Crippen LogP) is 3.69. The molecule has 23 heavy (non-hydrogen) atoms. The Balaban J connectivity index is 3.36. The van der Waals surface area contributed by atoms with E-state index in [1.807, 2.05) is 12.2 Å². The van der Waals surface area contributed by atoms with Gasteiger partial charge in [-0.2, -0.15) is 0 Å². The molecule has 0 aliphatic rings. The topological polar surface area (TPSA) is 66.8 Å². The molecule has 1 unspecified atom stereocenters. The molecule has 0 aliphatic heterocycles. The van der Waals surface area contributed by atoms with Crippen molar-refractivity contribution in [3.05, 3.63) is 36.5 Å². The monoisotopic (exact) mass is 324 g/mol. The minimum Gasteiger partial charge on any atom is -0.463 e. The molecule has 0 aromatic heterocycles. The lowest BCUT2D eigenvalue weighted by molar-refractivity contribution is -0.147. The van der Waals surface area contributed by atoms with Crippen molar-refractivity contribution < 1.29 is 19.7 Å². The number of ether oxygens (including phenoxy) is 1. The highest BCUT2D eigenvalue weighted by atomic mass is 16.5. The summed E-state index contributed by atoms with van der Waals surface area (Å²) in [5, 5.41) is 17.6. The van der Waals surface area contributed by atoms with Crippen molar-refractivity contribution in [1.82, 2.24) is 0 Å². The summed E-state index contributed by atoms with van der Waals surface area (Å²) in [5.41, 5.74) is 0. The van der Waals surface area contributed by atoms with Gasteiger partial charge in [-0.3, -0.25) is 4.79 Å². The van der Waals surface area contributed by atoms with E-state index in [-0.39, 0.29) is 19.2 Å². The lowest BCUT2D eigenvalue weighted by atomic mass is 10.1. The van der Waals surface area contributed by atoms with Crippen molar-refractivity contribution in [1.29, 1.82) is 0 Å². The molecular formula is C19H32O4. The van der Waals surface area contributed by atoms with Gasteiger partial charge in [0.2, 0.25) is 0 Å². The summed E-state index contributed by atoms with van der Waals surface area (Å²) in [4.78, 5) is 11.3. The summed E-state index contributed by atoms with van der Waals surface area (Å²) < 4.78 is 4.83. The van der Waals surface area contributed by atoms with Gasteiger partial charge < -0.3 is 14.9 Å². The fourth-order valence-corrected chi connectivity index (χ4v) is 1.89. The second-order valence-electron chi connectivity index (χ2n) is 5.48. The Bertz CT molecular complexity index is 358. The number of carbonyl (C=O) groups excluding carboxylic acids is 1. The molecule has 0 fully saturated rings. The maximum atomic E-state index is 11.3. The van der Waals surface area contributed by atoms with Crippen molar-refractivity contribution in [3.8, 4) is 0 Å². The van der Waals surface area contributed by atoms with Crippen LogP contribution in [0.3, 0.4) is 0 Å². The number of aliphatic hydroxyl groups is 2. The smallest absolute Gasteiger partial charge is 0.305 e. The third-order valence-corrected chi connectivity index (χ3v) is 3.24. The van der Waals surface area contributed by atoms with E-state index in [0.717, 1.165) is 32.1 Å². The highest BCUT2D eigenvalue weighted by molar-refractivity contribution is 5.69. The lowest BCUT2D eigenvalue weighted by Gasteiger charge is -2.08. The molecular weight excluding hydrogens is 292 g/mol.